The van der Waals surface area contributed by atoms with Gasteiger partial charge in [0, 0.05) is 24.5 Å². The van der Waals surface area contributed by atoms with Gasteiger partial charge < -0.3 is 15.0 Å². The molecular formula is C13H19F3N2O3. The quantitative estimate of drug-likeness (QED) is 0.849. The molecule has 2 heterocycles. The molecule has 8 heteroatoms. The van der Waals surface area contributed by atoms with Crippen molar-refractivity contribution in [1.82, 2.24) is 10.2 Å². The van der Waals surface area contributed by atoms with Crippen LogP contribution in [-0.2, 0) is 9.53 Å². The van der Waals surface area contributed by atoms with E-state index in [9.17, 15) is 22.8 Å². The molecule has 1 aliphatic carbocycles. The molecule has 21 heavy (non-hydrogen) atoms. The Bertz CT molecular complexity index is 451. The van der Waals surface area contributed by atoms with Gasteiger partial charge in [-0.3, -0.25) is 4.79 Å². The Kier molecular flexibility index (Phi) is 3.62. The van der Waals surface area contributed by atoms with Crippen LogP contribution < -0.4 is 5.32 Å². The van der Waals surface area contributed by atoms with Crippen LogP contribution in [0, 0.1) is 5.41 Å². The first-order chi connectivity index (χ1) is 9.42. The third-order valence-corrected chi connectivity index (χ3v) is 3.79. The van der Waals surface area contributed by atoms with Crippen molar-refractivity contribution in [2.75, 3.05) is 13.1 Å². The summed E-state index contributed by atoms with van der Waals surface area (Å²) >= 11 is 0. The predicted octanol–water partition coefficient (Wildman–Crippen LogP) is 2.06. The summed E-state index contributed by atoms with van der Waals surface area (Å²) < 4.78 is 41.7. The molecule has 0 radical (unpaired) electrons. The van der Waals surface area contributed by atoms with Gasteiger partial charge in [-0.2, -0.15) is 13.2 Å². The van der Waals surface area contributed by atoms with Crippen LogP contribution in [0.25, 0.3) is 0 Å². The molecule has 5 nitrogen and oxygen atoms in total. The molecule has 0 spiro atoms. The molecule has 120 valence electrons. The van der Waals surface area contributed by atoms with E-state index >= 15 is 0 Å². The summed E-state index contributed by atoms with van der Waals surface area (Å²) in [7, 11) is 0. The number of fused-ring (bicyclic) bond motifs is 1. The standard InChI is InChI=1S/C13H19F3N2O3/c1-11(2,3)21-10(20)18-7-12(4-8(18)5-12)6-17-9(19)13(14,15)16/h8H,4-7H2,1-3H3,(H,17,19). The molecular weight excluding hydrogens is 289 g/mol. The molecule has 2 aliphatic heterocycles. The molecule has 0 aromatic carbocycles. The molecule has 2 saturated heterocycles. The number of rotatable bonds is 2. The van der Waals surface area contributed by atoms with E-state index in [-0.39, 0.29) is 12.6 Å². The number of carbonyl (C=O) groups excluding carboxylic acids is 2. The fraction of sp³-hybridized carbons (Fsp3) is 0.846. The van der Waals surface area contributed by atoms with Crippen molar-refractivity contribution >= 4 is 12.0 Å². The Morgan fingerprint density at radius 3 is 2.33 bits per heavy atom. The van der Waals surface area contributed by atoms with Gasteiger partial charge in [-0.05, 0) is 33.6 Å². The number of alkyl halides is 3. The van der Waals surface area contributed by atoms with Crippen LogP contribution in [-0.4, -0.2) is 47.8 Å². The number of nitrogens with one attached hydrogen (secondary N) is 1. The minimum absolute atomic E-state index is 0.00244. The Hall–Kier alpha value is -1.47. The van der Waals surface area contributed by atoms with Crippen molar-refractivity contribution in [3.8, 4) is 0 Å². The van der Waals surface area contributed by atoms with Crippen molar-refractivity contribution in [2.45, 2.75) is 51.4 Å². The molecule has 0 unspecified atom stereocenters. The maximum Gasteiger partial charge on any atom is 0.471 e. The minimum Gasteiger partial charge on any atom is -0.444 e. The molecule has 0 aromatic rings. The molecule has 3 aliphatic rings. The number of nitrogens with zero attached hydrogens (tertiary/aromatic N) is 1. The fourth-order valence-corrected chi connectivity index (χ4v) is 2.88. The van der Waals surface area contributed by atoms with E-state index in [1.165, 1.54) is 0 Å². The summed E-state index contributed by atoms with van der Waals surface area (Å²) in [6, 6.07) is 0.00244. The second-order valence-corrected chi connectivity index (χ2v) is 6.85. The number of ether oxygens (including phenoxy) is 1. The maximum atomic E-state index is 12.2. The van der Waals surface area contributed by atoms with Gasteiger partial charge in [-0.15, -0.1) is 0 Å². The van der Waals surface area contributed by atoms with Crippen LogP contribution in [0.1, 0.15) is 33.6 Å². The Balaban J connectivity index is 1.87. The Morgan fingerprint density at radius 2 is 1.86 bits per heavy atom. The molecule has 2 amide bonds. The van der Waals surface area contributed by atoms with Crippen LogP contribution in [0.5, 0.6) is 0 Å². The molecule has 2 bridgehead atoms. The van der Waals surface area contributed by atoms with Crippen molar-refractivity contribution in [3.63, 3.8) is 0 Å². The van der Waals surface area contributed by atoms with Crippen molar-refractivity contribution < 1.29 is 27.5 Å². The highest BCUT2D eigenvalue weighted by Gasteiger charge is 2.57. The number of carbonyl (C=O) groups is 2. The van der Waals surface area contributed by atoms with E-state index < -0.39 is 29.2 Å². The van der Waals surface area contributed by atoms with E-state index in [0.29, 0.717) is 19.4 Å². The van der Waals surface area contributed by atoms with E-state index in [4.69, 9.17) is 4.74 Å². The molecule has 0 aromatic heterocycles. The van der Waals surface area contributed by atoms with E-state index in [1.54, 1.807) is 25.7 Å². The van der Waals surface area contributed by atoms with Gasteiger partial charge in [0.1, 0.15) is 5.60 Å². The summed E-state index contributed by atoms with van der Waals surface area (Å²) in [4.78, 5) is 24.4. The van der Waals surface area contributed by atoms with Crippen LogP contribution in [0.4, 0.5) is 18.0 Å². The summed E-state index contributed by atoms with van der Waals surface area (Å²) in [6.45, 7) is 5.52. The molecule has 1 N–H and O–H groups in total. The molecule has 1 saturated carbocycles. The zero-order chi connectivity index (χ0) is 16.1. The molecule has 3 fully saturated rings. The fourth-order valence-electron chi connectivity index (χ4n) is 2.88. The monoisotopic (exact) mass is 308 g/mol. The lowest BCUT2D eigenvalue weighted by Crippen LogP contribution is -2.47. The highest BCUT2D eigenvalue weighted by atomic mass is 19.4. The van der Waals surface area contributed by atoms with E-state index in [1.807, 2.05) is 5.32 Å². The number of hydrogen-bond acceptors (Lipinski definition) is 3. The normalized spacial score (nSPS) is 28.1. The van der Waals surface area contributed by atoms with E-state index in [0.717, 1.165) is 0 Å². The van der Waals surface area contributed by atoms with Gasteiger partial charge in [0.2, 0.25) is 0 Å². The molecule has 3 rings (SSSR count). The van der Waals surface area contributed by atoms with Gasteiger partial charge in [-0.25, -0.2) is 4.79 Å². The molecule has 0 atom stereocenters. The summed E-state index contributed by atoms with van der Waals surface area (Å²) in [6.07, 6.45) is -4.12. The van der Waals surface area contributed by atoms with Crippen LogP contribution in [0.15, 0.2) is 0 Å². The van der Waals surface area contributed by atoms with Gasteiger partial charge in [0.15, 0.2) is 0 Å². The van der Waals surface area contributed by atoms with Crippen molar-refractivity contribution in [3.05, 3.63) is 0 Å². The maximum absolute atomic E-state index is 12.2. The van der Waals surface area contributed by atoms with Crippen LogP contribution in [0.3, 0.4) is 0 Å². The lowest BCUT2D eigenvalue weighted by molar-refractivity contribution is -0.174. The van der Waals surface area contributed by atoms with Crippen molar-refractivity contribution in [2.24, 2.45) is 5.41 Å². The zero-order valence-corrected chi connectivity index (χ0v) is 12.2. The lowest BCUT2D eigenvalue weighted by Gasteiger charge is -2.36. The third kappa shape index (κ3) is 3.41. The minimum atomic E-state index is -4.87. The second kappa shape index (κ2) is 4.78. The Morgan fingerprint density at radius 1 is 1.29 bits per heavy atom. The summed E-state index contributed by atoms with van der Waals surface area (Å²) in [5.41, 5.74) is -1.05. The first-order valence-electron chi connectivity index (χ1n) is 6.77. The van der Waals surface area contributed by atoms with Crippen molar-refractivity contribution in [1.29, 1.82) is 0 Å². The van der Waals surface area contributed by atoms with Gasteiger partial charge in [-0.1, -0.05) is 0 Å². The van der Waals surface area contributed by atoms with E-state index in [2.05, 4.69) is 0 Å². The average Bonchev–Trinajstić information content (AvgIpc) is 2.76. The van der Waals surface area contributed by atoms with Crippen LogP contribution in [0.2, 0.25) is 0 Å². The largest absolute Gasteiger partial charge is 0.471 e. The lowest BCUT2D eigenvalue weighted by atomic mass is 9.70. The van der Waals surface area contributed by atoms with Gasteiger partial charge in [0.05, 0.1) is 0 Å². The predicted molar refractivity (Wildman–Crippen MR) is 67.5 cm³/mol. The highest BCUT2D eigenvalue weighted by Crippen LogP contribution is 2.51. The number of amides is 2. The number of halogens is 3. The van der Waals surface area contributed by atoms with Crippen LogP contribution >= 0.6 is 0 Å². The Labute approximate surface area is 120 Å². The highest BCUT2D eigenvalue weighted by molar-refractivity contribution is 5.81. The summed E-state index contributed by atoms with van der Waals surface area (Å²) in [5, 5.41) is 1.91. The summed E-state index contributed by atoms with van der Waals surface area (Å²) in [5.74, 6) is -1.93. The topological polar surface area (TPSA) is 58.6 Å². The van der Waals surface area contributed by atoms with Gasteiger partial charge >= 0.3 is 18.2 Å². The zero-order valence-electron chi connectivity index (χ0n) is 12.2. The third-order valence-electron chi connectivity index (χ3n) is 3.79. The average molecular weight is 308 g/mol. The van der Waals surface area contributed by atoms with Gasteiger partial charge in [0.25, 0.3) is 0 Å². The first kappa shape index (κ1) is 15.9. The number of hydrogen-bond donors (Lipinski definition) is 1. The first-order valence-corrected chi connectivity index (χ1v) is 6.77. The SMILES string of the molecule is CC(C)(C)OC(=O)N1CC2(CNC(=O)C(F)(F)F)CC1C2. The second-order valence-electron chi connectivity index (χ2n) is 6.85. The smallest absolute Gasteiger partial charge is 0.444 e.